The van der Waals surface area contributed by atoms with Crippen molar-refractivity contribution in [1.82, 2.24) is 19.1 Å². The number of para-hydroxylation sites is 3. The Hall–Kier alpha value is -8.86. The van der Waals surface area contributed by atoms with E-state index in [1.165, 1.54) is 65.6 Å². The molecular formula is C65H46N4. The number of hydrogen-bond donors (Lipinski definition) is 0. The van der Waals surface area contributed by atoms with Crippen LogP contribution in [0.25, 0.3) is 111 Å². The summed E-state index contributed by atoms with van der Waals surface area (Å²) in [6, 6.07) is 76.6. The topological polar surface area (TPSA) is 35.6 Å². The number of nitrogens with zero attached hydrogens (tertiary/aromatic N) is 4. The Bertz CT molecular complexity index is 4030. The first-order chi connectivity index (χ1) is 34.1. The molecule has 0 spiro atoms. The van der Waals surface area contributed by atoms with Crippen molar-refractivity contribution in [2.45, 2.75) is 19.3 Å². The van der Waals surface area contributed by atoms with Crippen molar-refractivity contribution in [1.29, 1.82) is 0 Å². The van der Waals surface area contributed by atoms with Crippen molar-refractivity contribution < 1.29 is 0 Å². The standard InChI is InChI=1S/C65H46N4/c1-43-18-5-2-8-22-49(53-29-17-23-44-19-11-12-26-52(44)53)42-58-63(43)66-65(67-64(58)45-20-6-3-7-21-45)46-32-36-51(37-33-46)69-60-31-16-14-28-55(60)57-41-48(35-39-62(57)69)47-34-38-61-56(40-47)54-27-13-15-30-59(54)68(61)50-24-9-4-10-25-50/h2-21,23-43H,22H2,1H3/b8-2-,18-5-,49-42+. The van der Waals surface area contributed by atoms with Gasteiger partial charge in [0.25, 0.3) is 0 Å². The molecule has 0 fully saturated rings. The van der Waals surface area contributed by atoms with Gasteiger partial charge in [0, 0.05) is 55.5 Å². The van der Waals surface area contributed by atoms with Gasteiger partial charge in [-0.2, -0.15) is 0 Å². The van der Waals surface area contributed by atoms with Crippen LogP contribution >= 0.6 is 0 Å². The molecular weight excluding hydrogens is 837 g/mol. The first-order valence-corrected chi connectivity index (χ1v) is 23.9. The zero-order chi connectivity index (χ0) is 45.8. The van der Waals surface area contributed by atoms with Gasteiger partial charge in [-0.25, -0.2) is 9.97 Å². The molecule has 0 amide bonds. The summed E-state index contributed by atoms with van der Waals surface area (Å²) in [7, 11) is 0. The SMILES string of the molecule is CC1/C=C\C=C/C/C(c2cccc3ccccc23)=C\c2c(-c3ccccc3)nc(-c3ccc(-n4c5ccccc5c5cc(-c6ccc7c(c6)c6ccccc6n7-c6ccccc6)ccc54)cc3)nc21. The number of rotatable bonds is 6. The molecule has 4 heteroatoms. The lowest BCUT2D eigenvalue weighted by molar-refractivity contribution is 0.891. The van der Waals surface area contributed by atoms with Crippen LogP contribution in [0.1, 0.15) is 36.1 Å². The Morgan fingerprint density at radius 3 is 1.67 bits per heavy atom. The Kier molecular flexibility index (Phi) is 9.83. The molecule has 0 bridgehead atoms. The molecule has 1 aliphatic rings. The molecule has 9 aromatic carbocycles. The first kappa shape index (κ1) is 40.4. The molecule has 13 rings (SSSR count). The van der Waals surface area contributed by atoms with E-state index in [-0.39, 0.29) is 5.92 Å². The van der Waals surface area contributed by atoms with Gasteiger partial charge in [0.2, 0.25) is 0 Å². The predicted octanol–water partition coefficient (Wildman–Crippen LogP) is 17.0. The lowest BCUT2D eigenvalue weighted by Gasteiger charge is -2.19. The minimum atomic E-state index is 0.0374. The Balaban J connectivity index is 0.917. The highest BCUT2D eigenvalue weighted by Gasteiger charge is 2.22. The summed E-state index contributed by atoms with van der Waals surface area (Å²) in [6.45, 7) is 2.24. The Morgan fingerprint density at radius 2 is 0.986 bits per heavy atom. The number of hydrogen-bond acceptors (Lipinski definition) is 2. The van der Waals surface area contributed by atoms with Crippen molar-refractivity contribution in [2.75, 3.05) is 0 Å². The molecule has 0 radical (unpaired) electrons. The summed E-state index contributed by atoms with van der Waals surface area (Å²) >= 11 is 0. The third-order valence-corrected chi connectivity index (χ3v) is 14.0. The van der Waals surface area contributed by atoms with Crippen LogP contribution in [0.15, 0.2) is 237 Å². The third kappa shape index (κ3) is 7.00. The first-order valence-electron chi connectivity index (χ1n) is 23.9. The van der Waals surface area contributed by atoms with Crippen molar-refractivity contribution in [2.24, 2.45) is 0 Å². The number of fused-ring (bicyclic) bond motifs is 8. The lowest BCUT2D eigenvalue weighted by atomic mass is 9.90. The normalized spacial score (nSPS) is 15.6. The number of aromatic nitrogens is 4. The Morgan fingerprint density at radius 1 is 0.435 bits per heavy atom. The van der Waals surface area contributed by atoms with E-state index in [2.05, 4.69) is 259 Å². The zero-order valence-corrected chi connectivity index (χ0v) is 38.2. The third-order valence-electron chi connectivity index (χ3n) is 14.0. The molecule has 1 atom stereocenters. The maximum absolute atomic E-state index is 5.46. The van der Waals surface area contributed by atoms with Gasteiger partial charge in [-0.3, -0.25) is 0 Å². The monoisotopic (exact) mass is 882 g/mol. The molecule has 326 valence electrons. The van der Waals surface area contributed by atoms with E-state index in [0.29, 0.717) is 5.82 Å². The molecule has 4 nitrogen and oxygen atoms in total. The van der Waals surface area contributed by atoms with E-state index < -0.39 is 0 Å². The molecule has 1 unspecified atom stereocenters. The van der Waals surface area contributed by atoms with Gasteiger partial charge in [0.15, 0.2) is 5.82 Å². The molecule has 69 heavy (non-hydrogen) atoms. The molecule has 3 heterocycles. The predicted molar refractivity (Wildman–Crippen MR) is 290 cm³/mol. The van der Waals surface area contributed by atoms with Crippen molar-refractivity contribution in [3.05, 3.63) is 253 Å². The van der Waals surface area contributed by atoms with Gasteiger partial charge in [-0.1, -0.05) is 171 Å². The number of allylic oxidation sites excluding steroid dienone is 5. The van der Waals surface area contributed by atoms with Crippen LogP contribution in [0.2, 0.25) is 0 Å². The average Bonchev–Trinajstić information content (AvgIpc) is 3.93. The van der Waals surface area contributed by atoms with Crippen molar-refractivity contribution in [3.63, 3.8) is 0 Å². The van der Waals surface area contributed by atoms with Crippen LogP contribution in [-0.4, -0.2) is 19.1 Å². The summed E-state index contributed by atoms with van der Waals surface area (Å²) in [5.41, 5.74) is 16.9. The fourth-order valence-corrected chi connectivity index (χ4v) is 10.6. The highest BCUT2D eigenvalue weighted by molar-refractivity contribution is 6.13. The summed E-state index contributed by atoms with van der Waals surface area (Å²) < 4.78 is 4.76. The summed E-state index contributed by atoms with van der Waals surface area (Å²) in [5.74, 6) is 0.748. The van der Waals surface area contributed by atoms with Crippen LogP contribution in [0, 0.1) is 0 Å². The Labute approximate surface area is 401 Å². The van der Waals surface area contributed by atoms with Crippen LogP contribution in [0.5, 0.6) is 0 Å². The zero-order valence-electron chi connectivity index (χ0n) is 38.2. The lowest BCUT2D eigenvalue weighted by Crippen LogP contribution is -2.06. The molecule has 0 saturated carbocycles. The molecule has 0 aliphatic heterocycles. The van der Waals surface area contributed by atoms with Gasteiger partial charge in [-0.15, -0.1) is 0 Å². The maximum Gasteiger partial charge on any atom is 0.160 e. The summed E-state index contributed by atoms with van der Waals surface area (Å²) in [5, 5.41) is 7.40. The van der Waals surface area contributed by atoms with Gasteiger partial charge >= 0.3 is 0 Å². The minimum absolute atomic E-state index is 0.0374. The second kappa shape index (κ2) is 16.8. The fourth-order valence-electron chi connectivity index (χ4n) is 10.6. The van der Waals surface area contributed by atoms with Crippen molar-refractivity contribution in [3.8, 4) is 45.1 Å². The highest BCUT2D eigenvalue weighted by atomic mass is 15.0. The molecule has 3 aromatic heterocycles. The van der Waals surface area contributed by atoms with Crippen LogP contribution in [-0.2, 0) is 0 Å². The van der Waals surface area contributed by atoms with Crippen LogP contribution in [0.4, 0.5) is 0 Å². The summed E-state index contributed by atoms with van der Waals surface area (Å²) in [4.78, 5) is 10.9. The minimum Gasteiger partial charge on any atom is -0.309 e. The highest BCUT2D eigenvalue weighted by Crippen LogP contribution is 2.40. The fraction of sp³-hybridized carbons (Fsp3) is 0.0462. The van der Waals surface area contributed by atoms with E-state index in [9.17, 15) is 0 Å². The van der Waals surface area contributed by atoms with Gasteiger partial charge in [0.05, 0.1) is 33.5 Å². The second-order valence-electron chi connectivity index (χ2n) is 18.1. The maximum atomic E-state index is 5.46. The smallest absolute Gasteiger partial charge is 0.160 e. The van der Waals surface area contributed by atoms with Crippen molar-refractivity contribution >= 4 is 66.0 Å². The molecule has 0 N–H and O–H groups in total. The van der Waals surface area contributed by atoms with Gasteiger partial charge < -0.3 is 9.13 Å². The van der Waals surface area contributed by atoms with E-state index in [1.54, 1.807) is 0 Å². The molecule has 0 saturated heterocycles. The van der Waals surface area contributed by atoms with Crippen LogP contribution < -0.4 is 0 Å². The van der Waals surface area contributed by atoms with Crippen LogP contribution in [0.3, 0.4) is 0 Å². The van der Waals surface area contributed by atoms with Gasteiger partial charge in [-0.05, 0) is 118 Å². The van der Waals surface area contributed by atoms with E-state index in [1.807, 2.05) is 0 Å². The molecule has 1 aliphatic carbocycles. The summed E-state index contributed by atoms with van der Waals surface area (Å²) in [6.07, 6.45) is 12.0. The quantitative estimate of drug-likeness (QED) is 0.167. The average molecular weight is 883 g/mol. The van der Waals surface area contributed by atoms with Gasteiger partial charge in [0.1, 0.15) is 0 Å². The van der Waals surface area contributed by atoms with E-state index in [4.69, 9.17) is 9.97 Å². The molecule has 12 aromatic rings. The number of benzene rings is 9. The second-order valence-corrected chi connectivity index (χ2v) is 18.1. The van der Waals surface area contributed by atoms with E-state index >= 15 is 0 Å². The van der Waals surface area contributed by atoms with E-state index in [0.717, 1.165) is 56.9 Å². The largest absolute Gasteiger partial charge is 0.309 e.